The van der Waals surface area contributed by atoms with Crippen molar-refractivity contribution < 1.29 is 0 Å². The van der Waals surface area contributed by atoms with Crippen molar-refractivity contribution in [3.05, 3.63) is 52.6 Å². The summed E-state index contributed by atoms with van der Waals surface area (Å²) in [5.41, 5.74) is 6.23. The van der Waals surface area contributed by atoms with E-state index in [1.807, 2.05) is 0 Å². The summed E-state index contributed by atoms with van der Waals surface area (Å²) in [6.45, 7) is 0. The van der Waals surface area contributed by atoms with Crippen molar-refractivity contribution in [3.8, 4) is 0 Å². The molecule has 0 aliphatic heterocycles. The summed E-state index contributed by atoms with van der Waals surface area (Å²) >= 11 is 0. The van der Waals surface area contributed by atoms with Crippen LogP contribution in [0.4, 0.5) is 0 Å². The molecule has 4 rings (SSSR count). The largest absolute Gasteiger partial charge is 0.0845 e. The minimum Gasteiger partial charge on any atom is -0.0845 e. The van der Waals surface area contributed by atoms with E-state index in [1.54, 1.807) is 16.7 Å². The normalized spacial score (nSPS) is 31.9. The van der Waals surface area contributed by atoms with E-state index in [1.165, 1.54) is 31.2 Å². The molecule has 1 aromatic rings. The topological polar surface area (TPSA) is 0 Å². The molecular formula is C16H16. The van der Waals surface area contributed by atoms with Gasteiger partial charge in [0, 0.05) is 0 Å². The minimum atomic E-state index is 0.760. The van der Waals surface area contributed by atoms with Gasteiger partial charge in [0.25, 0.3) is 0 Å². The summed E-state index contributed by atoms with van der Waals surface area (Å²) in [7, 11) is 0. The van der Waals surface area contributed by atoms with Crippen molar-refractivity contribution in [2.75, 3.05) is 0 Å². The van der Waals surface area contributed by atoms with Crippen molar-refractivity contribution in [1.29, 1.82) is 0 Å². The third kappa shape index (κ3) is 1.22. The predicted molar refractivity (Wildman–Crippen MR) is 67.2 cm³/mol. The van der Waals surface area contributed by atoms with Gasteiger partial charge in [-0.2, -0.15) is 0 Å². The first kappa shape index (κ1) is 8.81. The molecule has 0 aromatic heterocycles. The van der Waals surface area contributed by atoms with Crippen molar-refractivity contribution >= 4 is 6.08 Å². The van der Waals surface area contributed by atoms with Crippen LogP contribution < -0.4 is 0 Å². The van der Waals surface area contributed by atoms with Crippen LogP contribution in [0.15, 0.2) is 35.9 Å². The quantitative estimate of drug-likeness (QED) is 0.616. The van der Waals surface area contributed by atoms with E-state index < -0.39 is 0 Å². The number of fused-ring (bicyclic) bond motifs is 3. The highest BCUT2D eigenvalue weighted by Gasteiger charge is 2.30. The Kier molecular flexibility index (Phi) is 1.71. The molecule has 1 fully saturated rings. The molecule has 16 heavy (non-hydrogen) atoms. The molecule has 2 bridgehead atoms. The molecule has 0 heteroatoms. The minimum absolute atomic E-state index is 0.760. The van der Waals surface area contributed by atoms with Crippen molar-refractivity contribution in [1.82, 2.24) is 0 Å². The fourth-order valence-corrected chi connectivity index (χ4v) is 3.34. The zero-order valence-corrected chi connectivity index (χ0v) is 9.45. The van der Waals surface area contributed by atoms with Crippen LogP contribution in [-0.4, -0.2) is 0 Å². The molecular weight excluding hydrogens is 192 g/mol. The standard InChI is InChI=1S/C16H16/c1-3-13-5-6-14(13)7-11(1)9-16-10-12-2-4-15(16)8-12/h1-4,7,9,12,15H,5-6,8,10H2. The molecule has 0 amide bonds. The SMILES string of the molecule is C1=CC2CC1CC2=Cc1ccc2c(c1)CC2. The van der Waals surface area contributed by atoms with E-state index in [9.17, 15) is 0 Å². The van der Waals surface area contributed by atoms with Gasteiger partial charge < -0.3 is 0 Å². The first-order valence-corrected chi connectivity index (χ1v) is 6.39. The van der Waals surface area contributed by atoms with Crippen LogP contribution in [0.25, 0.3) is 6.08 Å². The summed E-state index contributed by atoms with van der Waals surface area (Å²) in [5, 5.41) is 0. The molecule has 0 spiro atoms. The zero-order valence-electron chi connectivity index (χ0n) is 9.45. The van der Waals surface area contributed by atoms with E-state index in [0.29, 0.717) is 0 Å². The van der Waals surface area contributed by atoms with Gasteiger partial charge in [-0.25, -0.2) is 0 Å². The molecule has 0 radical (unpaired) electrons. The molecule has 2 unspecified atom stereocenters. The Morgan fingerprint density at radius 2 is 2.00 bits per heavy atom. The Labute approximate surface area is 96.7 Å². The lowest BCUT2D eigenvalue weighted by atomic mass is 9.86. The van der Waals surface area contributed by atoms with E-state index in [0.717, 1.165) is 11.8 Å². The van der Waals surface area contributed by atoms with E-state index in [-0.39, 0.29) is 0 Å². The van der Waals surface area contributed by atoms with Crippen LogP contribution in [0, 0.1) is 11.8 Å². The second kappa shape index (κ2) is 3.10. The average Bonchev–Trinajstić information content (AvgIpc) is 2.84. The van der Waals surface area contributed by atoms with Crippen LogP contribution in [0.5, 0.6) is 0 Å². The second-order valence-electron chi connectivity index (χ2n) is 5.44. The second-order valence-corrected chi connectivity index (χ2v) is 5.44. The summed E-state index contributed by atoms with van der Waals surface area (Å²) in [5.74, 6) is 1.61. The Morgan fingerprint density at radius 3 is 2.62 bits per heavy atom. The molecule has 3 aliphatic rings. The molecule has 0 nitrogen and oxygen atoms in total. The Morgan fingerprint density at radius 1 is 1.06 bits per heavy atom. The summed E-state index contributed by atoms with van der Waals surface area (Å²) in [4.78, 5) is 0. The van der Waals surface area contributed by atoms with Gasteiger partial charge in [0.2, 0.25) is 0 Å². The molecule has 3 aliphatic carbocycles. The molecule has 0 heterocycles. The van der Waals surface area contributed by atoms with Gasteiger partial charge in [0.1, 0.15) is 0 Å². The maximum absolute atomic E-state index is 2.44. The average molecular weight is 208 g/mol. The molecule has 1 aromatic carbocycles. The van der Waals surface area contributed by atoms with Gasteiger partial charge >= 0.3 is 0 Å². The first-order valence-electron chi connectivity index (χ1n) is 6.39. The van der Waals surface area contributed by atoms with Crippen LogP contribution >= 0.6 is 0 Å². The van der Waals surface area contributed by atoms with Crippen LogP contribution in [0.3, 0.4) is 0 Å². The lowest BCUT2D eigenvalue weighted by Crippen LogP contribution is -2.07. The predicted octanol–water partition coefficient (Wildman–Crippen LogP) is 3.76. The highest BCUT2D eigenvalue weighted by atomic mass is 14.3. The Hall–Kier alpha value is -1.30. The molecule has 0 N–H and O–H groups in total. The summed E-state index contributed by atoms with van der Waals surface area (Å²) < 4.78 is 0. The molecule has 0 saturated heterocycles. The van der Waals surface area contributed by atoms with E-state index in [2.05, 4.69) is 36.4 Å². The third-order valence-corrected chi connectivity index (χ3v) is 4.39. The van der Waals surface area contributed by atoms with Crippen LogP contribution in [0.2, 0.25) is 0 Å². The lowest BCUT2D eigenvalue weighted by Gasteiger charge is -2.19. The number of rotatable bonds is 1. The molecule has 80 valence electrons. The number of hydrogen-bond donors (Lipinski definition) is 0. The third-order valence-electron chi connectivity index (χ3n) is 4.39. The van der Waals surface area contributed by atoms with Crippen molar-refractivity contribution in [3.63, 3.8) is 0 Å². The maximum atomic E-state index is 2.44. The van der Waals surface area contributed by atoms with Gasteiger partial charge in [-0.3, -0.25) is 0 Å². The number of hydrogen-bond acceptors (Lipinski definition) is 0. The van der Waals surface area contributed by atoms with E-state index in [4.69, 9.17) is 0 Å². The fourth-order valence-electron chi connectivity index (χ4n) is 3.34. The fraction of sp³-hybridized carbons (Fsp3) is 0.375. The Balaban J connectivity index is 1.68. The number of aryl methyl sites for hydroxylation is 2. The first-order chi connectivity index (χ1) is 7.88. The lowest BCUT2D eigenvalue weighted by molar-refractivity contribution is 0.693. The van der Waals surface area contributed by atoms with Crippen molar-refractivity contribution in [2.45, 2.75) is 25.7 Å². The van der Waals surface area contributed by atoms with Gasteiger partial charge in [0.05, 0.1) is 0 Å². The van der Waals surface area contributed by atoms with Crippen molar-refractivity contribution in [2.24, 2.45) is 11.8 Å². The van der Waals surface area contributed by atoms with Gasteiger partial charge in [-0.05, 0) is 54.2 Å². The molecule has 1 saturated carbocycles. The smallest absolute Gasteiger partial charge is 0.00139 e. The highest BCUT2D eigenvalue weighted by Crippen LogP contribution is 2.43. The Bertz CT molecular complexity index is 505. The molecule has 2 atom stereocenters. The highest BCUT2D eigenvalue weighted by molar-refractivity contribution is 5.58. The van der Waals surface area contributed by atoms with E-state index >= 15 is 0 Å². The summed E-state index contributed by atoms with van der Waals surface area (Å²) in [6.07, 6.45) is 12.5. The van der Waals surface area contributed by atoms with Gasteiger partial charge in [-0.15, -0.1) is 0 Å². The summed E-state index contributed by atoms with van der Waals surface area (Å²) in [6, 6.07) is 7.00. The van der Waals surface area contributed by atoms with Crippen LogP contribution in [-0.2, 0) is 12.8 Å². The zero-order chi connectivity index (χ0) is 10.5. The van der Waals surface area contributed by atoms with Crippen LogP contribution in [0.1, 0.15) is 29.5 Å². The maximum Gasteiger partial charge on any atom is -0.00139 e. The monoisotopic (exact) mass is 208 g/mol. The van der Waals surface area contributed by atoms with Gasteiger partial charge in [0.15, 0.2) is 0 Å². The number of benzene rings is 1. The van der Waals surface area contributed by atoms with Gasteiger partial charge in [-0.1, -0.05) is 42.0 Å². The number of allylic oxidation sites excluding steroid dienone is 3.